The van der Waals surface area contributed by atoms with E-state index in [4.69, 9.17) is 4.74 Å². The molecule has 0 atom stereocenters. The third kappa shape index (κ3) is 6.64. The number of ether oxygens (including phenoxy) is 1. The highest BCUT2D eigenvalue weighted by atomic mass is 32.2. The monoisotopic (exact) mass is 281 g/mol. The Hall–Kier alpha value is -1.00. The van der Waals surface area contributed by atoms with Crippen LogP contribution < -0.4 is 9.46 Å². The predicted octanol–water partition coefficient (Wildman–Crippen LogP) is 3.09. The van der Waals surface area contributed by atoms with Crippen molar-refractivity contribution in [3.8, 4) is 5.75 Å². The number of hydrogen-bond donors (Lipinski definition) is 1. The Morgan fingerprint density at radius 3 is 2.89 bits per heavy atom. The van der Waals surface area contributed by atoms with Crippen molar-refractivity contribution in [2.45, 2.75) is 26.7 Å². The van der Waals surface area contributed by atoms with Crippen molar-refractivity contribution in [2.75, 3.05) is 19.4 Å². The zero-order valence-corrected chi connectivity index (χ0v) is 12.8. The molecule has 0 saturated carbocycles. The molecule has 0 fully saturated rings. The van der Waals surface area contributed by atoms with E-state index in [1.807, 2.05) is 44.4 Å². The lowest BCUT2D eigenvalue weighted by atomic mass is 10.0. The van der Waals surface area contributed by atoms with Crippen LogP contribution in [0.15, 0.2) is 24.3 Å². The van der Waals surface area contributed by atoms with E-state index in [1.54, 1.807) is 11.9 Å². The minimum absolute atomic E-state index is 0.122. The third-order valence-electron chi connectivity index (χ3n) is 2.82. The second-order valence-electron chi connectivity index (χ2n) is 4.72. The van der Waals surface area contributed by atoms with Crippen LogP contribution in [-0.4, -0.2) is 25.2 Å². The van der Waals surface area contributed by atoms with Crippen LogP contribution in [0.1, 0.15) is 25.8 Å². The van der Waals surface area contributed by atoms with E-state index in [2.05, 4.69) is 4.72 Å². The Labute approximate surface area is 120 Å². The van der Waals surface area contributed by atoms with Crippen molar-refractivity contribution >= 4 is 17.7 Å². The zero-order chi connectivity index (χ0) is 14.1. The minimum atomic E-state index is 0.122. The molecule has 0 aliphatic rings. The summed E-state index contributed by atoms with van der Waals surface area (Å²) in [6, 6.07) is 7.99. The molecule has 0 saturated heterocycles. The summed E-state index contributed by atoms with van der Waals surface area (Å²) < 4.78 is 8.77. The molecule has 0 bridgehead atoms. The molecule has 1 aromatic carbocycles. The van der Waals surface area contributed by atoms with E-state index >= 15 is 0 Å². The number of benzene rings is 1. The maximum absolute atomic E-state index is 11.6. The van der Waals surface area contributed by atoms with Gasteiger partial charge in [-0.1, -0.05) is 37.9 Å². The number of nitrogens with one attached hydrogen (secondary N) is 1. The van der Waals surface area contributed by atoms with E-state index in [0.29, 0.717) is 18.8 Å². The standard InChI is InChI=1S/C15H23NO2S/c1-12(2)15(17)8-7-13-5-4-6-14(11-13)18-10-9-16-19-3/h4-6,11-12,16H,7-10H2,1-3H3. The summed E-state index contributed by atoms with van der Waals surface area (Å²) in [6.45, 7) is 5.35. The number of Topliss-reactive ketones (excluding diaryl/α,β-unsaturated/α-hetero) is 1. The van der Waals surface area contributed by atoms with E-state index in [0.717, 1.165) is 24.3 Å². The van der Waals surface area contributed by atoms with Gasteiger partial charge in [0.2, 0.25) is 0 Å². The quantitative estimate of drug-likeness (QED) is 0.557. The van der Waals surface area contributed by atoms with Crippen molar-refractivity contribution in [1.29, 1.82) is 0 Å². The number of aryl methyl sites for hydroxylation is 1. The van der Waals surface area contributed by atoms with Crippen LogP contribution in [0.3, 0.4) is 0 Å². The molecule has 0 amide bonds. The number of carbonyl (C=O) groups is 1. The maximum Gasteiger partial charge on any atom is 0.135 e. The van der Waals surface area contributed by atoms with Gasteiger partial charge in [-0.05, 0) is 30.4 Å². The van der Waals surface area contributed by atoms with Crippen LogP contribution in [0.25, 0.3) is 0 Å². The fourth-order valence-corrected chi connectivity index (χ4v) is 1.95. The van der Waals surface area contributed by atoms with Crippen molar-refractivity contribution in [3.63, 3.8) is 0 Å². The highest BCUT2D eigenvalue weighted by Crippen LogP contribution is 2.15. The first-order chi connectivity index (χ1) is 9.13. The summed E-state index contributed by atoms with van der Waals surface area (Å²) in [6.07, 6.45) is 3.39. The van der Waals surface area contributed by atoms with Crippen LogP contribution in [0, 0.1) is 5.92 Å². The van der Waals surface area contributed by atoms with Gasteiger partial charge in [-0.3, -0.25) is 9.52 Å². The van der Waals surface area contributed by atoms with E-state index in [-0.39, 0.29) is 5.92 Å². The molecule has 19 heavy (non-hydrogen) atoms. The molecule has 4 heteroatoms. The van der Waals surface area contributed by atoms with Crippen LogP contribution in [0.5, 0.6) is 5.75 Å². The zero-order valence-electron chi connectivity index (χ0n) is 11.9. The SMILES string of the molecule is CSNCCOc1cccc(CCC(=O)C(C)C)c1. The average Bonchev–Trinajstić information content (AvgIpc) is 2.41. The molecular weight excluding hydrogens is 258 g/mol. The van der Waals surface area contributed by atoms with Crippen molar-refractivity contribution in [1.82, 2.24) is 4.72 Å². The second kappa shape index (κ2) is 8.99. The largest absolute Gasteiger partial charge is 0.492 e. The maximum atomic E-state index is 11.6. The lowest BCUT2D eigenvalue weighted by molar-refractivity contribution is -0.121. The first kappa shape index (κ1) is 16.1. The number of ketones is 1. The summed E-state index contributed by atoms with van der Waals surface area (Å²) in [4.78, 5) is 11.6. The highest BCUT2D eigenvalue weighted by molar-refractivity contribution is 7.96. The molecule has 1 rings (SSSR count). The van der Waals surface area contributed by atoms with Gasteiger partial charge in [0.1, 0.15) is 18.1 Å². The minimum Gasteiger partial charge on any atom is -0.492 e. The van der Waals surface area contributed by atoms with Gasteiger partial charge in [-0.2, -0.15) is 0 Å². The summed E-state index contributed by atoms with van der Waals surface area (Å²) in [7, 11) is 0. The van der Waals surface area contributed by atoms with Gasteiger partial charge in [0.15, 0.2) is 0 Å². The first-order valence-electron chi connectivity index (χ1n) is 6.63. The molecule has 0 spiro atoms. The van der Waals surface area contributed by atoms with Crippen molar-refractivity contribution < 1.29 is 9.53 Å². The Kier molecular flexibility index (Phi) is 7.60. The lowest BCUT2D eigenvalue weighted by Crippen LogP contribution is -2.13. The molecule has 1 aromatic rings. The molecule has 0 aromatic heterocycles. The van der Waals surface area contributed by atoms with Gasteiger partial charge in [-0.15, -0.1) is 0 Å². The topological polar surface area (TPSA) is 38.3 Å². The van der Waals surface area contributed by atoms with Gasteiger partial charge in [-0.25, -0.2) is 0 Å². The summed E-state index contributed by atoms with van der Waals surface area (Å²) in [5.41, 5.74) is 1.16. The molecule has 1 N–H and O–H groups in total. The normalized spacial score (nSPS) is 10.7. The molecule has 106 valence electrons. The van der Waals surface area contributed by atoms with E-state index in [9.17, 15) is 4.79 Å². The fraction of sp³-hybridized carbons (Fsp3) is 0.533. The highest BCUT2D eigenvalue weighted by Gasteiger charge is 2.07. The molecule has 0 aliphatic carbocycles. The molecule has 0 radical (unpaired) electrons. The van der Waals surface area contributed by atoms with Gasteiger partial charge >= 0.3 is 0 Å². The summed E-state index contributed by atoms with van der Waals surface area (Å²) in [5.74, 6) is 1.31. The van der Waals surface area contributed by atoms with E-state index in [1.165, 1.54) is 0 Å². The Morgan fingerprint density at radius 1 is 1.42 bits per heavy atom. The molecule has 0 heterocycles. The first-order valence-corrected chi connectivity index (χ1v) is 7.86. The van der Waals surface area contributed by atoms with Crippen LogP contribution in [0.2, 0.25) is 0 Å². The van der Waals surface area contributed by atoms with Gasteiger partial charge < -0.3 is 4.74 Å². The third-order valence-corrected chi connectivity index (χ3v) is 3.31. The van der Waals surface area contributed by atoms with Gasteiger partial charge in [0, 0.05) is 18.9 Å². The Morgan fingerprint density at radius 2 is 2.21 bits per heavy atom. The molecule has 0 aliphatic heterocycles. The van der Waals surface area contributed by atoms with Crippen LogP contribution in [-0.2, 0) is 11.2 Å². The number of rotatable bonds is 9. The van der Waals surface area contributed by atoms with E-state index < -0.39 is 0 Å². The molecular formula is C15H23NO2S. The van der Waals surface area contributed by atoms with Crippen molar-refractivity contribution in [2.24, 2.45) is 5.92 Å². The number of carbonyl (C=O) groups excluding carboxylic acids is 1. The second-order valence-corrected chi connectivity index (χ2v) is 5.41. The van der Waals surface area contributed by atoms with Gasteiger partial charge in [0.25, 0.3) is 0 Å². The van der Waals surface area contributed by atoms with Crippen LogP contribution in [0.4, 0.5) is 0 Å². The molecule has 3 nitrogen and oxygen atoms in total. The average molecular weight is 281 g/mol. The van der Waals surface area contributed by atoms with Gasteiger partial charge in [0.05, 0.1) is 0 Å². The molecule has 0 unspecified atom stereocenters. The smallest absolute Gasteiger partial charge is 0.135 e. The summed E-state index contributed by atoms with van der Waals surface area (Å²) >= 11 is 1.59. The predicted molar refractivity (Wildman–Crippen MR) is 81.6 cm³/mol. The fourth-order valence-electron chi connectivity index (χ4n) is 1.66. The number of hydrogen-bond acceptors (Lipinski definition) is 4. The Bertz CT molecular complexity index is 393. The van der Waals surface area contributed by atoms with Crippen molar-refractivity contribution in [3.05, 3.63) is 29.8 Å². The van der Waals surface area contributed by atoms with Crippen LogP contribution >= 0.6 is 11.9 Å². The Balaban J connectivity index is 2.41. The summed E-state index contributed by atoms with van der Waals surface area (Å²) in [5, 5.41) is 0. The lowest BCUT2D eigenvalue weighted by Gasteiger charge is -2.08.